The lowest BCUT2D eigenvalue weighted by molar-refractivity contribution is -0.119. The molecule has 1 aromatic heterocycles. The zero-order valence-electron chi connectivity index (χ0n) is 20.1. The third-order valence-electron chi connectivity index (χ3n) is 5.82. The zero-order chi connectivity index (χ0) is 24.1. The molecule has 0 aliphatic rings. The van der Waals surface area contributed by atoms with E-state index < -0.39 is 0 Å². The van der Waals surface area contributed by atoms with E-state index in [9.17, 15) is 9.59 Å². The first-order valence-corrected chi connectivity index (χ1v) is 11.8. The largest absolute Gasteiger partial charge is 0.346 e. The molecule has 174 valence electrons. The topological polar surface area (TPSA) is 56.9 Å². The van der Waals surface area contributed by atoms with Crippen LogP contribution in [0.2, 0.25) is 0 Å². The van der Waals surface area contributed by atoms with Crippen LogP contribution < -0.4 is 5.69 Å². The number of hydrogen-bond donors (Lipinski definition) is 0. The van der Waals surface area contributed by atoms with Crippen LogP contribution in [0.15, 0.2) is 83.7 Å². The van der Waals surface area contributed by atoms with Gasteiger partial charge in [0.1, 0.15) is 6.54 Å². The molecule has 0 atom stereocenters. The van der Waals surface area contributed by atoms with Gasteiger partial charge in [0.2, 0.25) is 0 Å². The summed E-state index contributed by atoms with van der Waals surface area (Å²) in [5.74, 6) is 0.861. The van der Waals surface area contributed by atoms with Crippen LogP contribution in [-0.2, 0) is 24.3 Å². The Morgan fingerprint density at radius 2 is 1.62 bits per heavy atom. The van der Waals surface area contributed by atoms with Gasteiger partial charge in [0.05, 0.1) is 0 Å². The quantitative estimate of drug-likeness (QED) is 0.334. The average molecular weight is 454 g/mol. The Bertz CT molecular complexity index is 1330. The van der Waals surface area contributed by atoms with Crippen LogP contribution in [0.5, 0.6) is 0 Å². The summed E-state index contributed by atoms with van der Waals surface area (Å²) < 4.78 is 3.04. The van der Waals surface area contributed by atoms with Gasteiger partial charge in [-0.2, -0.15) is 0 Å². The molecule has 0 amide bonds. The molecule has 0 aliphatic heterocycles. The third kappa shape index (κ3) is 5.42. The third-order valence-corrected chi connectivity index (χ3v) is 5.82. The van der Waals surface area contributed by atoms with Gasteiger partial charge in [0, 0.05) is 18.5 Å². The number of benzene rings is 3. The Kier molecular flexibility index (Phi) is 7.21. The van der Waals surface area contributed by atoms with Crippen molar-refractivity contribution >= 4 is 5.78 Å². The first kappa shape index (κ1) is 23.4. The molecule has 0 bridgehead atoms. The Hall–Kier alpha value is -3.73. The van der Waals surface area contributed by atoms with E-state index in [1.807, 2.05) is 67.6 Å². The van der Waals surface area contributed by atoms with Crippen molar-refractivity contribution in [2.75, 3.05) is 0 Å². The molecule has 0 spiro atoms. The highest BCUT2D eigenvalue weighted by Gasteiger charge is 2.20. The van der Waals surface area contributed by atoms with Gasteiger partial charge in [-0.3, -0.25) is 9.36 Å². The molecule has 4 rings (SSSR count). The van der Waals surface area contributed by atoms with Crippen molar-refractivity contribution < 1.29 is 4.79 Å². The van der Waals surface area contributed by atoms with Crippen molar-refractivity contribution in [3.8, 4) is 22.5 Å². The minimum absolute atomic E-state index is 0.000646. The zero-order valence-corrected chi connectivity index (χ0v) is 20.1. The fraction of sp³-hybridized carbons (Fsp3) is 0.276. The summed E-state index contributed by atoms with van der Waals surface area (Å²) in [6, 6.07) is 26.2. The smallest absolute Gasteiger partial charge is 0.298 e. The van der Waals surface area contributed by atoms with Crippen LogP contribution in [0.25, 0.3) is 22.5 Å². The molecule has 5 nitrogen and oxygen atoms in total. The number of hydrogen-bond acceptors (Lipinski definition) is 3. The molecule has 0 aliphatic carbocycles. The summed E-state index contributed by atoms with van der Waals surface area (Å²) in [6.07, 6.45) is 1.04. The normalized spacial score (nSPS) is 11.2. The number of carbonyl (C=O) groups is 1. The second kappa shape index (κ2) is 10.5. The van der Waals surface area contributed by atoms with Crippen molar-refractivity contribution in [2.45, 2.75) is 46.7 Å². The second-order valence-corrected chi connectivity index (χ2v) is 9.21. The predicted molar refractivity (Wildman–Crippen MR) is 137 cm³/mol. The fourth-order valence-corrected chi connectivity index (χ4v) is 4.22. The van der Waals surface area contributed by atoms with Crippen molar-refractivity contribution in [1.29, 1.82) is 0 Å². The van der Waals surface area contributed by atoms with Crippen LogP contribution in [0, 0.1) is 12.8 Å². The summed E-state index contributed by atoms with van der Waals surface area (Å²) >= 11 is 0. The maximum absolute atomic E-state index is 13.3. The Morgan fingerprint density at radius 3 is 2.32 bits per heavy atom. The van der Waals surface area contributed by atoms with Gasteiger partial charge in [-0.15, -0.1) is 5.10 Å². The molecule has 3 aromatic carbocycles. The van der Waals surface area contributed by atoms with Crippen molar-refractivity contribution in [1.82, 2.24) is 14.3 Å². The fourth-order valence-electron chi connectivity index (χ4n) is 4.22. The summed E-state index contributed by atoms with van der Waals surface area (Å²) in [5.41, 5.74) is 5.02. The second-order valence-electron chi connectivity index (χ2n) is 9.21. The first-order valence-electron chi connectivity index (χ1n) is 11.8. The lowest BCUT2D eigenvalue weighted by Crippen LogP contribution is -2.29. The highest BCUT2D eigenvalue weighted by Crippen LogP contribution is 2.30. The van der Waals surface area contributed by atoms with Gasteiger partial charge in [0.25, 0.3) is 0 Å². The lowest BCUT2D eigenvalue weighted by atomic mass is 9.99. The molecule has 0 N–H and O–H groups in total. The van der Waals surface area contributed by atoms with E-state index in [0.717, 1.165) is 22.3 Å². The molecule has 0 saturated carbocycles. The van der Waals surface area contributed by atoms with E-state index in [4.69, 9.17) is 0 Å². The van der Waals surface area contributed by atoms with Crippen molar-refractivity contribution in [2.24, 2.45) is 5.92 Å². The van der Waals surface area contributed by atoms with Crippen LogP contribution >= 0.6 is 0 Å². The van der Waals surface area contributed by atoms with Crippen LogP contribution in [0.1, 0.15) is 31.4 Å². The van der Waals surface area contributed by atoms with Gasteiger partial charge >= 0.3 is 5.69 Å². The molecule has 34 heavy (non-hydrogen) atoms. The van der Waals surface area contributed by atoms with Gasteiger partial charge in [-0.05, 0) is 36.0 Å². The minimum Gasteiger partial charge on any atom is -0.298 e. The van der Waals surface area contributed by atoms with Gasteiger partial charge in [-0.1, -0.05) is 98.3 Å². The van der Waals surface area contributed by atoms with Crippen LogP contribution in [0.4, 0.5) is 0 Å². The summed E-state index contributed by atoms with van der Waals surface area (Å²) in [7, 11) is 0. The first-order chi connectivity index (χ1) is 16.4. The summed E-state index contributed by atoms with van der Waals surface area (Å²) in [5, 5.41) is 4.67. The number of aromatic nitrogens is 3. The van der Waals surface area contributed by atoms with E-state index in [-0.39, 0.29) is 23.9 Å². The Morgan fingerprint density at radius 1 is 0.912 bits per heavy atom. The standard InChI is InChI=1S/C29H31N3O2/c1-21(2)19-31-28(27-15-8-7-14-26(27)24-12-5-4-6-13-24)30-32(29(31)34)20-25(33)17-16-23-11-9-10-22(3)18-23/h4-15,18,21H,16-17,19-20H2,1-3H3. The molecule has 4 aromatic rings. The monoisotopic (exact) mass is 453 g/mol. The van der Waals surface area contributed by atoms with Crippen molar-refractivity contribution in [3.63, 3.8) is 0 Å². The molecule has 1 heterocycles. The van der Waals surface area contributed by atoms with Gasteiger partial charge in [0.15, 0.2) is 11.6 Å². The van der Waals surface area contributed by atoms with Gasteiger partial charge in [-0.25, -0.2) is 9.48 Å². The highest BCUT2D eigenvalue weighted by molar-refractivity contribution is 5.81. The SMILES string of the molecule is Cc1cccc(CCC(=O)Cn2nc(-c3ccccc3-c3ccccc3)n(CC(C)C)c2=O)c1. The number of ketones is 1. The maximum atomic E-state index is 13.3. The predicted octanol–water partition coefficient (Wildman–Crippen LogP) is 5.55. The number of carbonyl (C=O) groups excluding carboxylic acids is 1. The summed E-state index contributed by atoms with van der Waals surface area (Å²) in [4.78, 5) is 26.1. The minimum atomic E-state index is -0.240. The van der Waals surface area contributed by atoms with E-state index in [2.05, 4.69) is 37.1 Å². The Labute approximate surface area is 200 Å². The molecular formula is C29H31N3O2. The highest BCUT2D eigenvalue weighted by atomic mass is 16.2. The Balaban J connectivity index is 1.65. The number of rotatable bonds is 9. The van der Waals surface area contributed by atoms with Crippen LogP contribution in [-0.4, -0.2) is 20.1 Å². The lowest BCUT2D eigenvalue weighted by Gasteiger charge is -2.12. The molecule has 0 unspecified atom stereocenters. The van der Waals surface area contributed by atoms with E-state index in [1.165, 1.54) is 10.2 Å². The average Bonchev–Trinajstić information content (AvgIpc) is 3.12. The molecule has 0 radical (unpaired) electrons. The molecular weight excluding hydrogens is 422 g/mol. The van der Waals surface area contributed by atoms with E-state index in [1.54, 1.807) is 4.57 Å². The number of aryl methyl sites for hydroxylation is 2. The molecule has 0 saturated heterocycles. The number of nitrogens with zero attached hydrogens (tertiary/aromatic N) is 3. The molecule has 0 fully saturated rings. The van der Waals surface area contributed by atoms with Crippen LogP contribution in [0.3, 0.4) is 0 Å². The van der Waals surface area contributed by atoms with E-state index >= 15 is 0 Å². The summed E-state index contributed by atoms with van der Waals surface area (Å²) in [6.45, 7) is 6.71. The maximum Gasteiger partial charge on any atom is 0.346 e. The number of Topliss-reactive ketones (excluding diaryl/α,β-unsaturated/α-hetero) is 1. The van der Waals surface area contributed by atoms with E-state index in [0.29, 0.717) is 25.2 Å². The van der Waals surface area contributed by atoms with Crippen molar-refractivity contribution in [3.05, 3.63) is 100 Å². The molecule has 5 heteroatoms. The van der Waals surface area contributed by atoms with Gasteiger partial charge < -0.3 is 0 Å².